The van der Waals surface area contributed by atoms with Crippen LogP contribution in [-0.4, -0.2) is 4.57 Å². The second-order valence-corrected chi connectivity index (χ2v) is 3.72. The number of rotatable bonds is 0. The van der Waals surface area contributed by atoms with Gasteiger partial charge in [0.05, 0.1) is 14.1 Å². The van der Waals surface area contributed by atoms with Gasteiger partial charge in [-0.25, -0.2) is 9.13 Å². The van der Waals surface area contributed by atoms with Gasteiger partial charge in [-0.3, -0.25) is 0 Å². The molecule has 0 saturated carbocycles. The molecule has 0 N–H and O–H groups in total. The summed E-state index contributed by atoms with van der Waals surface area (Å²) in [5, 5.41) is 0. The highest BCUT2D eigenvalue weighted by molar-refractivity contribution is 5.11. The molecule has 2 rings (SSSR count). The van der Waals surface area contributed by atoms with Gasteiger partial charge >= 0.3 is 0 Å². The van der Waals surface area contributed by atoms with Gasteiger partial charge in [0, 0.05) is 6.92 Å². The Balaban J connectivity index is 0.000000151. The number of hydrogen-bond donors (Lipinski definition) is 0. The highest BCUT2D eigenvalue weighted by atomic mass is 15.1. The lowest BCUT2D eigenvalue weighted by atomic mass is 10.2. The number of aromatic nitrogens is 2. The topological polar surface area (TPSA) is 8.81 Å². The van der Waals surface area contributed by atoms with Crippen LogP contribution in [0.3, 0.4) is 0 Å². The lowest BCUT2D eigenvalue weighted by Gasteiger charge is -1.84. The summed E-state index contributed by atoms with van der Waals surface area (Å²) in [7, 11) is 4.07. The third-order valence-electron chi connectivity index (χ3n) is 2.48. The Hall–Kier alpha value is -1.57. The Kier molecular flexibility index (Phi) is 4.10. The zero-order chi connectivity index (χ0) is 11.3. The van der Waals surface area contributed by atoms with E-state index in [0.29, 0.717) is 0 Å². The molecule has 15 heavy (non-hydrogen) atoms. The fourth-order valence-electron chi connectivity index (χ4n) is 1.20. The van der Waals surface area contributed by atoms with Crippen molar-refractivity contribution in [2.24, 2.45) is 14.1 Å². The van der Waals surface area contributed by atoms with Gasteiger partial charge in [0.25, 0.3) is 5.82 Å². The number of aryl methyl sites for hydroxylation is 3. The van der Waals surface area contributed by atoms with Crippen LogP contribution in [0.1, 0.15) is 11.4 Å². The summed E-state index contributed by atoms with van der Waals surface area (Å²) in [5.41, 5.74) is 1.32. The van der Waals surface area contributed by atoms with Crippen molar-refractivity contribution in [1.82, 2.24) is 4.57 Å². The number of nitrogens with zero attached hydrogens (tertiary/aromatic N) is 2. The standard InChI is InChI=1S/C7H8.C6H11N2/c1-7-5-3-2-4-6-7;1-6-7(2)4-5-8(6)3/h2-6H,1H3;4-5H,1-3H3/q;+1. The maximum absolute atomic E-state index is 2.08. The Morgan fingerprint density at radius 1 is 1.07 bits per heavy atom. The molecule has 0 atom stereocenters. The smallest absolute Gasteiger partial charge is 0.237 e. The van der Waals surface area contributed by atoms with Crippen molar-refractivity contribution in [1.29, 1.82) is 0 Å². The van der Waals surface area contributed by atoms with Crippen LogP contribution >= 0.6 is 0 Å². The Bertz CT molecular complexity index is 382. The van der Waals surface area contributed by atoms with Crippen LogP contribution in [-0.2, 0) is 14.1 Å². The zero-order valence-electron chi connectivity index (χ0n) is 9.94. The van der Waals surface area contributed by atoms with Gasteiger partial charge in [-0.1, -0.05) is 35.9 Å². The fourth-order valence-corrected chi connectivity index (χ4v) is 1.20. The molecule has 0 spiro atoms. The molecular weight excluding hydrogens is 184 g/mol. The quantitative estimate of drug-likeness (QED) is 0.580. The summed E-state index contributed by atoms with van der Waals surface area (Å²) in [6, 6.07) is 10.3. The summed E-state index contributed by atoms with van der Waals surface area (Å²) in [5.74, 6) is 1.27. The second kappa shape index (κ2) is 5.35. The van der Waals surface area contributed by atoms with E-state index >= 15 is 0 Å². The SMILES string of the molecule is Cc1ccccc1.Cc1n(C)cc[n+]1C. The molecule has 0 aliphatic carbocycles. The van der Waals surface area contributed by atoms with Crippen molar-refractivity contribution in [3.8, 4) is 0 Å². The van der Waals surface area contributed by atoms with Crippen LogP contribution in [0.15, 0.2) is 42.7 Å². The molecule has 2 aromatic rings. The van der Waals surface area contributed by atoms with E-state index in [1.165, 1.54) is 11.4 Å². The first-order valence-electron chi connectivity index (χ1n) is 5.10. The molecule has 2 nitrogen and oxygen atoms in total. The number of imidazole rings is 1. The Labute approximate surface area is 91.8 Å². The summed E-state index contributed by atoms with van der Waals surface area (Å²) in [6.45, 7) is 4.17. The minimum absolute atomic E-state index is 1.27. The first-order valence-corrected chi connectivity index (χ1v) is 5.10. The molecule has 0 bridgehead atoms. The first kappa shape index (κ1) is 11.5. The molecule has 0 amide bonds. The molecule has 1 heterocycles. The van der Waals surface area contributed by atoms with Gasteiger partial charge in [0.2, 0.25) is 0 Å². The van der Waals surface area contributed by atoms with E-state index in [4.69, 9.17) is 0 Å². The summed E-state index contributed by atoms with van der Waals surface area (Å²) in [6.07, 6.45) is 4.07. The lowest BCUT2D eigenvalue weighted by molar-refractivity contribution is -0.677. The second-order valence-electron chi connectivity index (χ2n) is 3.72. The van der Waals surface area contributed by atoms with E-state index < -0.39 is 0 Å². The minimum atomic E-state index is 1.27. The maximum atomic E-state index is 2.08. The van der Waals surface area contributed by atoms with Gasteiger partial charge in [-0.05, 0) is 6.92 Å². The molecule has 0 radical (unpaired) electrons. The van der Waals surface area contributed by atoms with Crippen LogP contribution < -0.4 is 4.57 Å². The average molecular weight is 203 g/mol. The molecule has 1 aromatic carbocycles. The zero-order valence-corrected chi connectivity index (χ0v) is 9.94. The highest BCUT2D eigenvalue weighted by Gasteiger charge is 2.00. The van der Waals surface area contributed by atoms with Crippen molar-refractivity contribution in [2.75, 3.05) is 0 Å². The van der Waals surface area contributed by atoms with Crippen LogP contribution in [0, 0.1) is 13.8 Å². The van der Waals surface area contributed by atoms with Crippen LogP contribution in [0.2, 0.25) is 0 Å². The van der Waals surface area contributed by atoms with E-state index in [1.54, 1.807) is 0 Å². The first-order chi connectivity index (χ1) is 7.11. The van der Waals surface area contributed by atoms with E-state index in [-0.39, 0.29) is 0 Å². The van der Waals surface area contributed by atoms with Crippen LogP contribution in [0.25, 0.3) is 0 Å². The molecule has 0 aliphatic rings. The predicted molar refractivity (Wildman–Crippen MR) is 62.5 cm³/mol. The third-order valence-corrected chi connectivity index (χ3v) is 2.48. The summed E-state index contributed by atoms with van der Waals surface area (Å²) >= 11 is 0. The number of hydrogen-bond acceptors (Lipinski definition) is 0. The molecule has 0 fully saturated rings. The molecular formula is C13H19N2+. The monoisotopic (exact) mass is 203 g/mol. The van der Waals surface area contributed by atoms with Crippen molar-refractivity contribution < 1.29 is 4.57 Å². The van der Waals surface area contributed by atoms with Gasteiger partial charge in [0.1, 0.15) is 12.4 Å². The number of benzene rings is 1. The molecule has 1 aromatic heterocycles. The van der Waals surface area contributed by atoms with Gasteiger partial charge in [-0.2, -0.15) is 0 Å². The third kappa shape index (κ3) is 3.58. The minimum Gasteiger partial charge on any atom is -0.237 e. The summed E-state index contributed by atoms with van der Waals surface area (Å²) in [4.78, 5) is 0. The average Bonchev–Trinajstić information content (AvgIpc) is 2.52. The molecule has 80 valence electrons. The van der Waals surface area contributed by atoms with Crippen molar-refractivity contribution >= 4 is 0 Å². The van der Waals surface area contributed by atoms with E-state index in [9.17, 15) is 0 Å². The van der Waals surface area contributed by atoms with Crippen molar-refractivity contribution in [3.05, 3.63) is 54.1 Å². The van der Waals surface area contributed by atoms with Crippen LogP contribution in [0.4, 0.5) is 0 Å². The fraction of sp³-hybridized carbons (Fsp3) is 0.308. The lowest BCUT2D eigenvalue weighted by Crippen LogP contribution is -2.29. The molecule has 0 aliphatic heterocycles. The van der Waals surface area contributed by atoms with Crippen molar-refractivity contribution in [2.45, 2.75) is 13.8 Å². The normalized spacial score (nSPS) is 9.33. The highest BCUT2D eigenvalue weighted by Crippen LogP contribution is 1.92. The Morgan fingerprint density at radius 3 is 1.87 bits per heavy atom. The van der Waals surface area contributed by atoms with Crippen LogP contribution in [0.5, 0.6) is 0 Å². The van der Waals surface area contributed by atoms with E-state index in [2.05, 4.69) is 35.1 Å². The molecule has 0 saturated heterocycles. The Morgan fingerprint density at radius 2 is 1.67 bits per heavy atom. The van der Waals surface area contributed by atoms with E-state index in [1.807, 2.05) is 44.7 Å². The largest absolute Gasteiger partial charge is 0.252 e. The van der Waals surface area contributed by atoms with Gasteiger partial charge < -0.3 is 0 Å². The molecule has 0 unspecified atom stereocenters. The van der Waals surface area contributed by atoms with Gasteiger partial charge in [-0.15, -0.1) is 0 Å². The summed E-state index contributed by atoms with van der Waals surface area (Å²) < 4.78 is 4.17. The van der Waals surface area contributed by atoms with Gasteiger partial charge in [0.15, 0.2) is 0 Å². The maximum Gasteiger partial charge on any atom is 0.252 e. The van der Waals surface area contributed by atoms with Crippen molar-refractivity contribution in [3.63, 3.8) is 0 Å². The predicted octanol–water partition coefficient (Wildman–Crippen LogP) is 2.15. The van der Waals surface area contributed by atoms with E-state index in [0.717, 1.165) is 0 Å². The molecule has 2 heteroatoms.